The zero-order chi connectivity index (χ0) is 18.9. The lowest BCUT2D eigenvalue weighted by Crippen LogP contribution is -2.32. The van der Waals surface area contributed by atoms with Gasteiger partial charge in [0.2, 0.25) is 10.0 Å². The minimum absolute atomic E-state index is 0.00887. The Balaban J connectivity index is 2.09. The number of hydrogen-bond donors (Lipinski definition) is 0. The third kappa shape index (κ3) is 3.21. The van der Waals surface area contributed by atoms with Gasteiger partial charge in [-0.25, -0.2) is 8.42 Å². The molecule has 1 fully saturated rings. The van der Waals surface area contributed by atoms with Gasteiger partial charge in [-0.2, -0.15) is 4.31 Å². The Morgan fingerprint density at radius 1 is 1.08 bits per heavy atom. The number of fused-ring (bicyclic) bond motifs is 1. The summed E-state index contributed by atoms with van der Waals surface area (Å²) >= 11 is 0. The maximum absolute atomic E-state index is 13.1. The summed E-state index contributed by atoms with van der Waals surface area (Å²) in [7, 11) is -1.79. The van der Waals surface area contributed by atoms with Crippen molar-refractivity contribution in [2.75, 3.05) is 25.0 Å². The van der Waals surface area contributed by atoms with Crippen LogP contribution in [0.4, 0.5) is 5.69 Å². The number of likely N-dealkylation sites (N-methyl/N-ethyl adjacent to an activating group) is 1. The van der Waals surface area contributed by atoms with E-state index in [1.54, 1.807) is 34.5 Å². The van der Waals surface area contributed by atoms with E-state index in [9.17, 15) is 13.2 Å². The number of hydrogen-bond acceptors (Lipinski definition) is 3. The highest BCUT2D eigenvalue weighted by Gasteiger charge is 2.34. The van der Waals surface area contributed by atoms with Crippen LogP contribution in [0.3, 0.4) is 0 Å². The molecule has 0 unspecified atom stereocenters. The molecule has 5 nitrogen and oxygen atoms in total. The summed E-state index contributed by atoms with van der Waals surface area (Å²) in [5.74, 6) is -0.00887. The summed E-state index contributed by atoms with van der Waals surface area (Å²) in [5.41, 5.74) is 3.49. The van der Waals surface area contributed by atoms with Crippen LogP contribution in [0.5, 0.6) is 0 Å². The number of nitrogens with zero attached hydrogens (tertiary/aromatic N) is 2. The molecule has 0 saturated heterocycles. The Morgan fingerprint density at radius 3 is 2.27 bits per heavy atom. The van der Waals surface area contributed by atoms with Crippen LogP contribution < -0.4 is 4.90 Å². The summed E-state index contributed by atoms with van der Waals surface area (Å²) in [5, 5.41) is 0. The van der Waals surface area contributed by atoms with Crippen molar-refractivity contribution in [3.8, 4) is 0 Å². The Morgan fingerprint density at radius 2 is 1.69 bits per heavy atom. The highest BCUT2D eigenvalue weighted by atomic mass is 32.2. The van der Waals surface area contributed by atoms with E-state index in [0.29, 0.717) is 13.1 Å². The van der Waals surface area contributed by atoms with E-state index in [1.807, 2.05) is 13.8 Å². The molecule has 0 radical (unpaired) electrons. The molecule has 3 rings (SSSR count). The zero-order valence-electron chi connectivity index (χ0n) is 15.9. The summed E-state index contributed by atoms with van der Waals surface area (Å²) in [6.45, 7) is 4.99. The number of carbonyl (C=O) groups is 1. The van der Waals surface area contributed by atoms with Crippen molar-refractivity contribution in [1.29, 1.82) is 0 Å². The first-order valence-electron chi connectivity index (χ1n) is 9.56. The van der Waals surface area contributed by atoms with Crippen molar-refractivity contribution in [1.82, 2.24) is 4.31 Å². The van der Waals surface area contributed by atoms with Crippen LogP contribution in [0.1, 0.15) is 57.9 Å². The van der Waals surface area contributed by atoms with Gasteiger partial charge in [0.05, 0.1) is 10.6 Å². The highest BCUT2D eigenvalue weighted by molar-refractivity contribution is 7.89. The topological polar surface area (TPSA) is 57.7 Å². The molecule has 1 aromatic rings. The zero-order valence-corrected chi connectivity index (χ0v) is 16.7. The Bertz CT molecular complexity index is 829. The van der Waals surface area contributed by atoms with E-state index in [-0.39, 0.29) is 10.8 Å². The fraction of sp³-hybridized carbons (Fsp3) is 0.550. The van der Waals surface area contributed by atoms with Gasteiger partial charge in [-0.3, -0.25) is 4.79 Å². The Hall–Kier alpha value is -1.66. The summed E-state index contributed by atoms with van der Waals surface area (Å²) in [4.78, 5) is 14.7. The fourth-order valence-electron chi connectivity index (χ4n) is 3.95. The van der Waals surface area contributed by atoms with Crippen molar-refractivity contribution >= 4 is 27.2 Å². The van der Waals surface area contributed by atoms with Gasteiger partial charge in [0, 0.05) is 31.3 Å². The first-order valence-corrected chi connectivity index (χ1v) is 11.0. The van der Waals surface area contributed by atoms with Gasteiger partial charge in [-0.1, -0.05) is 19.4 Å². The molecule has 1 aliphatic carbocycles. The van der Waals surface area contributed by atoms with E-state index < -0.39 is 10.0 Å². The lowest BCUT2D eigenvalue weighted by atomic mass is 10.00. The molecule has 1 aromatic carbocycles. The van der Waals surface area contributed by atoms with Crippen molar-refractivity contribution in [3.63, 3.8) is 0 Å². The van der Waals surface area contributed by atoms with E-state index in [0.717, 1.165) is 55.3 Å². The van der Waals surface area contributed by atoms with Crippen LogP contribution in [0, 0.1) is 0 Å². The minimum Gasteiger partial charge on any atom is -0.311 e. The first-order chi connectivity index (χ1) is 12.4. The second-order valence-corrected chi connectivity index (χ2v) is 9.07. The van der Waals surface area contributed by atoms with Crippen molar-refractivity contribution in [3.05, 3.63) is 29.3 Å². The van der Waals surface area contributed by atoms with E-state index in [1.165, 1.54) is 5.57 Å². The van der Waals surface area contributed by atoms with Gasteiger partial charge in [0.1, 0.15) is 0 Å². The molecule has 6 heteroatoms. The van der Waals surface area contributed by atoms with Crippen molar-refractivity contribution < 1.29 is 13.2 Å². The molecule has 0 bridgehead atoms. The van der Waals surface area contributed by atoms with E-state index >= 15 is 0 Å². The van der Waals surface area contributed by atoms with Crippen LogP contribution in [-0.4, -0.2) is 38.8 Å². The number of carbonyl (C=O) groups excluding carboxylic acids is 1. The van der Waals surface area contributed by atoms with Gasteiger partial charge < -0.3 is 4.90 Å². The van der Waals surface area contributed by atoms with Crippen LogP contribution >= 0.6 is 0 Å². The smallest absolute Gasteiger partial charge is 0.258 e. The van der Waals surface area contributed by atoms with Gasteiger partial charge in [0.25, 0.3) is 5.91 Å². The lowest BCUT2D eigenvalue weighted by molar-refractivity contribution is -0.112. The molecule has 0 N–H and O–H groups in total. The molecular weight excluding hydrogens is 348 g/mol. The predicted molar refractivity (Wildman–Crippen MR) is 105 cm³/mol. The normalized spacial score (nSPS) is 17.5. The minimum atomic E-state index is -3.55. The standard InChI is InChI=1S/C20H28N2O3S/c1-4-12-22(13-5-2)26(24,25)16-10-11-18-17(14-16)19(20(23)21(18)3)15-8-6-7-9-15/h10-11,14H,4-9,12-13H2,1-3H3. The van der Waals surface area contributed by atoms with Crippen molar-refractivity contribution in [2.24, 2.45) is 0 Å². The predicted octanol–water partition coefficient (Wildman–Crippen LogP) is 3.80. The van der Waals surface area contributed by atoms with E-state index in [2.05, 4.69) is 0 Å². The summed E-state index contributed by atoms with van der Waals surface area (Å²) in [6, 6.07) is 5.13. The monoisotopic (exact) mass is 376 g/mol. The average Bonchev–Trinajstić information content (AvgIpc) is 3.22. The second-order valence-electron chi connectivity index (χ2n) is 7.13. The molecular formula is C20H28N2O3S. The quantitative estimate of drug-likeness (QED) is 0.710. The lowest BCUT2D eigenvalue weighted by Gasteiger charge is -2.21. The maximum atomic E-state index is 13.1. The number of anilines is 1. The highest BCUT2D eigenvalue weighted by Crippen LogP contribution is 2.42. The maximum Gasteiger partial charge on any atom is 0.258 e. The molecule has 1 aliphatic heterocycles. The SMILES string of the molecule is CCCN(CCC)S(=O)(=O)c1ccc2c(c1)C(=C1CCCC1)C(=O)N2C. The molecule has 0 spiro atoms. The Labute approximate surface area is 156 Å². The number of rotatable bonds is 6. The average molecular weight is 377 g/mol. The molecule has 0 aromatic heterocycles. The molecule has 26 heavy (non-hydrogen) atoms. The number of allylic oxidation sites excluding steroid dienone is 1. The van der Waals surface area contributed by atoms with Crippen LogP contribution in [0.25, 0.3) is 5.57 Å². The molecule has 1 saturated carbocycles. The van der Waals surface area contributed by atoms with Crippen LogP contribution in [0.2, 0.25) is 0 Å². The molecule has 142 valence electrons. The van der Waals surface area contributed by atoms with Crippen molar-refractivity contribution in [2.45, 2.75) is 57.3 Å². The summed E-state index contributed by atoms with van der Waals surface area (Å²) < 4.78 is 27.8. The largest absolute Gasteiger partial charge is 0.311 e. The fourth-order valence-corrected chi connectivity index (χ4v) is 5.60. The molecule has 0 atom stereocenters. The second kappa shape index (κ2) is 7.53. The third-order valence-electron chi connectivity index (χ3n) is 5.26. The van der Waals surface area contributed by atoms with Gasteiger partial charge in [-0.05, 0) is 56.7 Å². The first kappa shape index (κ1) is 19.1. The Kier molecular flexibility index (Phi) is 5.53. The van der Waals surface area contributed by atoms with Gasteiger partial charge in [0.15, 0.2) is 0 Å². The summed E-state index contributed by atoms with van der Waals surface area (Å²) in [6.07, 6.45) is 5.63. The van der Waals surface area contributed by atoms with Gasteiger partial charge >= 0.3 is 0 Å². The molecule has 1 amide bonds. The van der Waals surface area contributed by atoms with Crippen LogP contribution in [-0.2, 0) is 14.8 Å². The van der Waals surface area contributed by atoms with Gasteiger partial charge in [-0.15, -0.1) is 0 Å². The molecule has 1 heterocycles. The number of benzene rings is 1. The van der Waals surface area contributed by atoms with Crippen LogP contribution in [0.15, 0.2) is 28.7 Å². The van der Waals surface area contributed by atoms with E-state index in [4.69, 9.17) is 0 Å². The molecule has 2 aliphatic rings. The number of amides is 1. The third-order valence-corrected chi connectivity index (χ3v) is 7.16. The number of sulfonamides is 1.